The first-order valence-corrected chi connectivity index (χ1v) is 7.26. The predicted octanol–water partition coefficient (Wildman–Crippen LogP) is 0.884. The van der Waals surface area contributed by atoms with Gasteiger partial charge in [0.15, 0.2) is 0 Å². The van der Waals surface area contributed by atoms with Gasteiger partial charge in [-0.25, -0.2) is 8.42 Å². The zero-order chi connectivity index (χ0) is 12.3. The number of piperidine rings is 1. The van der Waals surface area contributed by atoms with E-state index in [4.69, 9.17) is 0 Å². The molecule has 0 saturated carbocycles. The van der Waals surface area contributed by atoms with E-state index < -0.39 is 10.0 Å². The van der Waals surface area contributed by atoms with Crippen molar-refractivity contribution in [2.45, 2.75) is 25.0 Å². The minimum Gasteiger partial charge on any atom is -0.317 e. The van der Waals surface area contributed by atoms with E-state index in [1.165, 1.54) is 6.20 Å². The lowest BCUT2D eigenvalue weighted by atomic mass is 10.2. The first-order valence-electron chi connectivity index (χ1n) is 5.72. The highest BCUT2D eigenvalue weighted by Crippen LogP contribution is 2.17. The molecular formula is C11H17N3O2S. The summed E-state index contributed by atoms with van der Waals surface area (Å²) in [6.07, 6.45) is 4.55. The third-order valence-corrected chi connectivity index (χ3v) is 4.73. The number of aromatic nitrogens is 1. The molecule has 0 unspecified atom stereocenters. The number of rotatable bonds is 3. The predicted molar refractivity (Wildman–Crippen MR) is 67.4 cm³/mol. The van der Waals surface area contributed by atoms with E-state index in [1.54, 1.807) is 12.3 Å². The lowest BCUT2D eigenvalue weighted by Gasteiger charge is -2.23. The Labute approximate surface area is 102 Å². The highest BCUT2D eigenvalue weighted by atomic mass is 32.2. The summed E-state index contributed by atoms with van der Waals surface area (Å²) in [7, 11) is -3.28. The Bertz CT molecular complexity index is 481. The topological polar surface area (TPSA) is 71.1 Å². The Kier molecular flexibility index (Phi) is 3.63. The molecule has 94 valence electrons. The summed E-state index contributed by atoms with van der Waals surface area (Å²) in [5.74, 6) is 0. The molecule has 1 aromatic rings. The summed E-state index contributed by atoms with van der Waals surface area (Å²) in [6, 6.07) is 1.78. The molecule has 1 aliphatic rings. The van der Waals surface area contributed by atoms with Gasteiger partial charge < -0.3 is 5.32 Å². The molecule has 1 aromatic heterocycles. The van der Waals surface area contributed by atoms with Gasteiger partial charge >= 0.3 is 0 Å². The van der Waals surface area contributed by atoms with Crippen LogP contribution in [0, 0.1) is 6.92 Å². The largest absolute Gasteiger partial charge is 0.317 e. The van der Waals surface area contributed by atoms with Crippen LogP contribution in [0.25, 0.3) is 0 Å². The van der Waals surface area contributed by atoms with Gasteiger partial charge in [0.2, 0.25) is 10.0 Å². The molecule has 0 atom stereocenters. The standard InChI is InChI=1S/C11H17N3O2S/c1-9-6-10(8-13-7-9)14-17(15,16)11-2-4-12-5-3-11/h6-8,11-12,14H,2-5H2,1H3. The van der Waals surface area contributed by atoms with Crippen molar-refractivity contribution in [2.75, 3.05) is 17.8 Å². The van der Waals surface area contributed by atoms with Crippen LogP contribution in [-0.2, 0) is 10.0 Å². The van der Waals surface area contributed by atoms with Crippen LogP contribution < -0.4 is 10.0 Å². The second-order valence-corrected chi connectivity index (χ2v) is 6.31. The number of nitrogens with one attached hydrogen (secondary N) is 2. The summed E-state index contributed by atoms with van der Waals surface area (Å²) in [4.78, 5) is 3.97. The second kappa shape index (κ2) is 5.01. The summed E-state index contributed by atoms with van der Waals surface area (Å²) in [5.41, 5.74) is 1.49. The van der Waals surface area contributed by atoms with Crippen LogP contribution in [0.15, 0.2) is 18.5 Å². The van der Waals surface area contributed by atoms with Crippen LogP contribution in [0.2, 0.25) is 0 Å². The van der Waals surface area contributed by atoms with Crippen molar-refractivity contribution in [3.8, 4) is 0 Å². The van der Waals surface area contributed by atoms with Crippen LogP contribution in [-0.4, -0.2) is 31.7 Å². The van der Waals surface area contributed by atoms with E-state index in [9.17, 15) is 8.42 Å². The first kappa shape index (κ1) is 12.3. The lowest BCUT2D eigenvalue weighted by Crippen LogP contribution is -2.38. The maximum atomic E-state index is 12.1. The Morgan fingerprint density at radius 3 is 2.71 bits per heavy atom. The van der Waals surface area contributed by atoms with Crippen LogP contribution in [0.5, 0.6) is 0 Å². The van der Waals surface area contributed by atoms with E-state index in [0.29, 0.717) is 18.5 Å². The molecule has 2 rings (SSSR count). The van der Waals surface area contributed by atoms with E-state index in [-0.39, 0.29) is 5.25 Å². The second-order valence-electron chi connectivity index (χ2n) is 4.35. The van der Waals surface area contributed by atoms with Crippen molar-refractivity contribution < 1.29 is 8.42 Å². The monoisotopic (exact) mass is 255 g/mol. The average molecular weight is 255 g/mol. The Morgan fingerprint density at radius 1 is 1.35 bits per heavy atom. The molecule has 5 nitrogen and oxygen atoms in total. The minimum atomic E-state index is -3.28. The lowest BCUT2D eigenvalue weighted by molar-refractivity contribution is 0.499. The third kappa shape index (κ3) is 3.17. The highest BCUT2D eigenvalue weighted by Gasteiger charge is 2.27. The minimum absolute atomic E-state index is 0.302. The highest BCUT2D eigenvalue weighted by molar-refractivity contribution is 7.93. The number of anilines is 1. The maximum absolute atomic E-state index is 12.1. The van der Waals surface area contributed by atoms with E-state index >= 15 is 0 Å². The molecule has 0 amide bonds. The van der Waals surface area contributed by atoms with Gasteiger partial charge in [0.1, 0.15) is 0 Å². The molecular weight excluding hydrogens is 238 g/mol. The van der Waals surface area contributed by atoms with Gasteiger partial charge in [-0.3, -0.25) is 9.71 Å². The fraction of sp³-hybridized carbons (Fsp3) is 0.545. The zero-order valence-electron chi connectivity index (χ0n) is 9.81. The van der Waals surface area contributed by atoms with Crippen LogP contribution in [0.4, 0.5) is 5.69 Å². The van der Waals surface area contributed by atoms with Crippen molar-refractivity contribution in [2.24, 2.45) is 0 Å². The van der Waals surface area contributed by atoms with Gasteiger partial charge in [-0.1, -0.05) is 0 Å². The van der Waals surface area contributed by atoms with Gasteiger partial charge in [0.05, 0.1) is 17.1 Å². The third-order valence-electron chi connectivity index (χ3n) is 2.86. The van der Waals surface area contributed by atoms with Crippen LogP contribution in [0.1, 0.15) is 18.4 Å². The maximum Gasteiger partial charge on any atom is 0.235 e. The van der Waals surface area contributed by atoms with Gasteiger partial charge in [-0.2, -0.15) is 0 Å². The van der Waals surface area contributed by atoms with Gasteiger partial charge in [0, 0.05) is 6.20 Å². The number of hydrogen-bond acceptors (Lipinski definition) is 4. The van der Waals surface area contributed by atoms with Crippen LogP contribution in [0.3, 0.4) is 0 Å². The van der Waals surface area contributed by atoms with Gasteiger partial charge in [0.25, 0.3) is 0 Å². The van der Waals surface area contributed by atoms with E-state index in [2.05, 4.69) is 15.0 Å². The molecule has 1 fully saturated rings. The molecule has 1 saturated heterocycles. The molecule has 17 heavy (non-hydrogen) atoms. The van der Waals surface area contributed by atoms with Crippen molar-refractivity contribution >= 4 is 15.7 Å². The molecule has 0 spiro atoms. The number of pyridine rings is 1. The quantitative estimate of drug-likeness (QED) is 0.841. The zero-order valence-corrected chi connectivity index (χ0v) is 10.6. The summed E-state index contributed by atoms with van der Waals surface area (Å²) < 4.78 is 26.8. The van der Waals surface area contributed by atoms with Gasteiger partial charge in [-0.15, -0.1) is 0 Å². The SMILES string of the molecule is Cc1cncc(NS(=O)(=O)C2CCNCC2)c1. The molecule has 0 bridgehead atoms. The fourth-order valence-electron chi connectivity index (χ4n) is 1.96. The molecule has 0 radical (unpaired) electrons. The number of nitrogens with zero attached hydrogens (tertiary/aromatic N) is 1. The van der Waals surface area contributed by atoms with Gasteiger partial charge in [-0.05, 0) is 44.5 Å². The molecule has 0 aliphatic carbocycles. The molecule has 2 heterocycles. The number of hydrogen-bond donors (Lipinski definition) is 2. The molecule has 6 heteroatoms. The van der Waals surface area contributed by atoms with Crippen molar-refractivity contribution in [1.82, 2.24) is 10.3 Å². The van der Waals surface area contributed by atoms with Crippen molar-refractivity contribution in [3.05, 3.63) is 24.0 Å². The summed E-state index contributed by atoms with van der Waals surface area (Å²) in [5, 5.41) is 2.85. The summed E-state index contributed by atoms with van der Waals surface area (Å²) >= 11 is 0. The normalized spacial score (nSPS) is 17.9. The van der Waals surface area contributed by atoms with Crippen molar-refractivity contribution in [1.29, 1.82) is 0 Å². The molecule has 0 aromatic carbocycles. The van der Waals surface area contributed by atoms with E-state index in [0.717, 1.165) is 18.7 Å². The Hall–Kier alpha value is -1.14. The number of aryl methyl sites for hydroxylation is 1. The Balaban J connectivity index is 2.11. The molecule has 2 N–H and O–H groups in total. The van der Waals surface area contributed by atoms with E-state index in [1.807, 2.05) is 6.92 Å². The smallest absolute Gasteiger partial charge is 0.235 e. The first-order chi connectivity index (χ1) is 8.08. The Morgan fingerprint density at radius 2 is 2.06 bits per heavy atom. The van der Waals surface area contributed by atoms with Crippen molar-refractivity contribution in [3.63, 3.8) is 0 Å². The number of sulfonamides is 1. The fourth-order valence-corrected chi connectivity index (χ4v) is 3.43. The average Bonchev–Trinajstić information content (AvgIpc) is 2.29. The summed E-state index contributed by atoms with van der Waals surface area (Å²) in [6.45, 7) is 3.41. The van der Waals surface area contributed by atoms with Crippen LogP contribution >= 0.6 is 0 Å². The molecule has 1 aliphatic heterocycles.